The van der Waals surface area contributed by atoms with Crippen LogP contribution in [0.4, 0.5) is 0 Å². The minimum atomic E-state index is -0.557. The quantitative estimate of drug-likeness (QED) is 0.399. The first-order valence-electron chi connectivity index (χ1n) is 9.05. The lowest BCUT2D eigenvalue weighted by molar-refractivity contribution is 0.104. The highest BCUT2D eigenvalue weighted by Crippen LogP contribution is 2.45. The van der Waals surface area contributed by atoms with E-state index in [-0.39, 0.29) is 32.4 Å². The van der Waals surface area contributed by atoms with Gasteiger partial charge in [-0.05, 0) is 6.07 Å². The molecule has 0 saturated carbocycles. The van der Waals surface area contributed by atoms with E-state index >= 15 is 0 Å². The lowest BCUT2D eigenvalue weighted by Gasteiger charge is -2.16. The zero-order chi connectivity index (χ0) is 21.3. The number of carbonyl (C=O) groups is 1. The van der Waals surface area contributed by atoms with Crippen LogP contribution in [-0.2, 0) is 14.1 Å². The van der Waals surface area contributed by atoms with Crippen molar-refractivity contribution in [3.05, 3.63) is 84.5 Å². The van der Waals surface area contributed by atoms with Crippen molar-refractivity contribution in [2.24, 2.45) is 14.1 Å². The molecule has 0 unspecified atom stereocenters. The molecular weight excluding hydrogens is 425 g/mol. The molecule has 2 aromatic carbocycles. The summed E-state index contributed by atoms with van der Waals surface area (Å²) in [7, 11) is 2.92. The van der Waals surface area contributed by atoms with Crippen molar-refractivity contribution in [3.8, 4) is 22.4 Å². The molecule has 8 heteroatoms. The third-order valence-corrected chi connectivity index (χ3v) is 6.28. The second kappa shape index (κ2) is 6.39. The fourth-order valence-electron chi connectivity index (χ4n) is 3.99. The molecule has 1 aliphatic rings. The zero-order valence-corrected chi connectivity index (χ0v) is 17.4. The van der Waals surface area contributed by atoms with E-state index in [0.29, 0.717) is 27.9 Å². The molecule has 0 fully saturated rings. The SMILES string of the molecule is Cn1c(=O)c2c(-c3cccc(Cl)c3Cl)c3c(nc2n(C)c1=O)-c1ccccc1C3=O. The molecule has 1 aliphatic carbocycles. The Morgan fingerprint density at radius 1 is 0.800 bits per heavy atom. The van der Waals surface area contributed by atoms with Gasteiger partial charge in [-0.2, -0.15) is 0 Å². The number of carbonyl (C=O) groups excluding carboxylic acids is 1. The molecular formula is C22H13Cl2N3O3. The molecule has 2 heterocycles. The van der Waals surface area contributed by atoms with Gasteiger partial charge in [0.25, 0.3) is 5.56 Å². The molecule has 0 radical (unpaired) electrons. The summed E-state index contributed by atoms with van der Waals surface area (Å²) in [6.07, 6.45) is 0. The molecule has 0 aliphatic heterocycles. The molecule has 0 bridgehead atoms. The summed E-state index contributed by atoms with van der Waals surface area (Å²) in [6.45, 7) is 0. The molecule has 2 aromatic heterocycles. The fraction of sp³-hybridized carbons (Fsp3) is 0.0909. The number of fused-ring (bicyclic) bond motifs is 4. The van der Waals surface area contributed by atoms with E-state index in [9.17, 15) is 14.4 Å². The summed E-state index contributed by atoms with van der Waals surface area (Å²) >= 11 is 12.8. The highest BCUT2D eigenvalue weighted by molar-refractivity contribution is 6.44. The zero-order valence-electron chi connectivity index (χ0n) is 15.9. The largest absolute Gasteiger partial charge is 0.332 e. The Kier molecular flexibility index (Phi) is 4.00. The topological polar surface area (TPSA) is 74.0 Å². The Labute approximate surface area is 179 Å². The Morgan fingerprint density at radius 3 is 2.20 bits per heavy atom. The average Bonchev–Trinajstić information content (AvgIpc) is 3.04. The first kappa shape index (κ1) is 18.8. The van der Waals surface area contributed by atoms with Gasteiger partial charge in [-0.25, -0.2) is 9.78 Å². The third kappa shape index (κ3) is 2.32. The van der Waals surface area contributed by atoms with E-state index in [4.69, 9.17) is 23.2 Å². The molecule has 0 atom stereocenters. The van der Waals surface area contributed by atoms with E-state index < -0.39 is 11.2 Å². The van der Waals surface area contributed by atoms with Crippen molar-refractivity contribution in [3.63, 3.8) is 0 Å². The number of aromatic nitrogens is 3. The van der Waals surface area contributed by atoms with Gasteiger partial charge < -0.3 is 0 Å². The van der Waals surface area contributed by atoms with E-state index in [0.717, 1.165) is 4.57 Å². The molecule has 6 nitrogen and oxygen atoms in total. The first-order valence-corrected chi connectivity index (χ1v) is 9.80. The molecule has 0 amide bonds. The number of nitrogens with zero attached hydrogens (tertiary/aromatic N) is 3. The van der Waals surface area contributed by atoms with Crippen LogP contribution >= 0.6 is 23.2 Å². The maximum Gasteiger partial charge on any atom is 0.332 e. The van der Waals surface area contributed by atoms with Crippen molar-refractivity contribution < 1.29 is 4.79 Å². The lowest BCUT2D eigenvalue weighted by atomic mass is 9.95. The molecule has 0 N–H and O–H groups in total. The number of halogens is 2. The molecule has 5 rings (SSSR count). The molecule has 4 aromatic rings. The summed E-state index contributed by atoms with van der Waals surface area (Å²) in [5.41, 5.74) is 1.70. The van der Waals surface area contributed by atoms with Gasteiger partial charge >= 0.3 is 5.69 Å². The Balaban J connectivity index is 2.11. The number of hydrogen-bond acceptors (Lipinski definition) is 4. The van der Waals surface area contributed by atoms with Crippen molar-refractivity contribution >= 4 is 40.0 Å². The van der Waals surface area contributed by atoms with Gasteiger partial charge in [0, 0.05) is 36.3 Å². The average molecular weight is 438 g/mol. The number of hydrogen-bond donors (Lipinski definition) is 0. The monoisotopic (exact) mass is 437 g/mol. The normalized spacial score (nSPS) is 12.3. The molecule has 0 saturated heterocycles. The van der Waals surface area contributed by atoms with Gasteiger partial charge in [-0.1, -0.05) is 59.6 Å². The second-order valence-corrected chi connectivity index (χ2v) is 7.88. The summed E-state index contributed by atoms with van der Waals surface area (Å²) in [5, 5.41) is 0.648. The van der Waals surface area contributed by atoms with Crippen molar-refractivity contribution in [2.45, 2.75) is 0 Å². The molecule has 0 spiro atoms. The van der Waals surface area contributed by atoms with Crippen LogP contribution in [-0.4, -0.2) is 19.9 Å². The van der Waals surface area contributed by atoms with Gasteiger partial charge in [0.15, 0.2) is 11.4 Å². The Bertz CT molecular complexity index is 1550. The van der Waals surface area contributed by atoms with Gasteiger partial charge in [0.2, 0.25) is 0 Å². The molecule has 148 valence electrons. The van der Waals surface area contributed by atoms with Crippen molar-refractivity contribution in [1.82, 2.24) is 14.1 Å². The van der Waals surface area contributed by atoms with Crippen LogP contribution in [0.25, 0.3) is 33.4 Å². The maximum absolute atomic E-state index is 13.4. The van der Waals surface area contributed by atoms with Gasteiger partial charge in [-0.3, -0.25) is 18.7 Å². The van der Waals surface area contributed by atoms with Crippen LogP contribution in [0.2, 0.25) is 10.0 Å². The van der Waals surface area contributed by atoms with Crippen LogP contribution in [0.1, 0.15) is 15.9 Å². The summed E-state index contributed by atoms with van der Waals surface area (Å²) < 4.78 is 2.29. The van der Waals surface area contributed by atoms with E-state index in [1.165, 1.54) is 18.7 Å². The van der Waals surface area contributed by atoms with Gasteiger partial charge in [0.1, 0.15) is 0 Å². The van der Waals surface area contributed by atoms with Gasteiger partial charge in [0.05, 0.1) is 26.7 Å². The number of rotatable bonds is 1. The standard InChI is InChI=1S/C22H13Cl2N3O3/c1-26-20-16(21(29)27(2)22(26)30)14(12-8-5-9-13(23)17(12)24)15-18(25-20)10-6-3-4-7-11(10)19(15)28/h3-9H,1-2H3. The molecule has 30 heavy (non-hydrogen) atoms. The van der Waals surface area contributed by atoms with Crippen molar-refractivity contribution in [1.29, 1.82) is 0 Å². The second-order valence-electron chi connectivity index (χ2n) is 7.09. The number of pyridine rings is 1. The number of aryl methyl sites for hydroxylation is 1. The predicted octanol–water partition coefficient (Wildman–Crippen LogP) is 3.82. The van der Waals surface area contributed by atoms with Crippen LogP contribution in [0, 0.1) is 0 Å². The van der Waals surface area contributed by atoms with Crippen molar-refractivity contribution in [2.75, 3.05) is 0 Å². The number of ketones is 1. The minimum absolute atomic E-state index is 0.142. The van der Waals surface area contributed by atoms with E-state index in [1.807, 2.05) is 6.07 Å². The summed E-state index contributed by atoms with van der Waals surface area (Å²) in [5.74, 6) is -0.253. The fourth-order valence-corrected chi connectivity index (χ4v) is 4.39. The van der Waals surface area contributed by atoms with E-state index in [1.54, 1.807) is 36.4 Å². The van der Waals surface area contributed by atoms with Crippen LogP contribution in [0.3, 0.4) is 0 Å². The summed E-state index contributed by atoms with van der Waals surface area (Å²) in [4.78, 5) is 43.7. The maximum atomic E-state index is 13.4. The lowest BCUT2D eigenvalue weighted by Crippen LogP contribution is -2.37. The predicted molar refractivity (Wildman–Crippen MR) is 117 cm³/mol. The smallest absolute Gasteiger partial charge is 0.288 e. The Hall–Kier alpha value is -3.22. The van der Waals surface area contributed by atoms with Gasteiger partial charge in [-0.15, -0.1) is 0 Å². The Morgan fingerprint density at radius 2 is 1.47 bits per heavy atom. The highest BCUT2D eigenvalue weighted by atomic mass is 35.5. The van der Waals surface area contributed by atoms with Crippen LogP contribution < -0.4 is 11.2 Å². The number of benzene rings is 2. The first-order chi connectivity index (χ1) is 14.3. The summed E-state index contributed by atoms with van der Waals surface area (Å²) in [6, 6.07) is 12.1. The highest BCUT2D eigenvalue weighted by Gasteiger charge is 2.34. The van der Waals surface area contributed by atoms with Crippen LogP contribution in [0.5, 0.6) is 0 Å². The minimum Gasteiger partial charge on any atom is -0.288 e. The third-order valence-electron chi connectivity index (χ3n) is 5.46. The van der Waals surface area contributed by atoms with E-state index in [2.05, 4.69) is 4.98 Å². The van der Waals surface area contributed by atoms with Crippen LogP contribution in [0.15, 0.2) is 52.1 Å².